The number of benzene rings is 1. The highest BCUT2D eigenvalue weighted by molar-refractivity contribution is 5.96. The van der Waals surface area contributed by atoms with E-state index < -0.39 is 6.03 Å². The van der Waals surface area contributed by atoms with Gasteiger partial charge in [0.05, 0.1) is 0 Å². The third-order valence-corrected chi connectivity index (χ3v) is 3.95. The summed E-state index contributed by atoms with van der Waals surface area (Å²) >= 11 is 0. The summed E-state index contributed by atoms with van der Waals surface area (Å²) in [6, 6.07) is 6.34. The quantitative estimate of drug-likeness (QED) is 0.783. The molecule has 1 aromatic rings. The zero-order chi connectivity index (χ0) is 15.4. The number of carbonyl (C=O) groups excluding carboxylic acids is 2. The third-order valence-electron chi connectivity index (χ3n) is 3.95. The predicted octanol–water partition coefficient (Wildman–Crippen LogP) is 1.38. The van der Waals surface area contributed by atoms with Gasteiger partial charge in [0.1, 0.15) is 0 Å². The highest BCUT2D eigenvalue weighted by Crippen LogP contribution is 2.21. The number of nitrogens with one attached hydrogen (secondary N) is 1. The average molecular weight is 290 g/mol. The molecule has 6 nitrogen and oxygen atoms in total. The number of urea groups is 1. The van der Waals surface area contributed by atoms with E-state index >= 15 is 0 Å². The summed E-state index contributed by atoms with van der Waals surface area (Å²) in [6.07, 6.45) is 1.87. The Kier molecular flexibility index (Phi) is 4.80. The molecule has 0 radical (unpaired) electrons. The summed E-state index contributed by atoms with van der Waals surface area (Å²) in [5.74, 6) is 0.461. The molecular formula is C15H22N4O2. The van der Waals surface area contributed by atoms with Crippen molar-refractivity contribution in [2.24, 2.45) is 17.4 Å². The number of amides is 3. The lowest BCUT2D eigenvalue weighted by molar-refractivity contribution is 0.0681. The summed E-state index contributed by atoms with van der Waals surface area (Å²) < 4.78 is 0. The molecule has 0 bridgehead atoms. The van der Waals surface area contributed by atoms with Crippen molar-refractivity contribution in [2.75, 3.05) is 18.4 Å². The van der Waals surface area contributed by atoms with Crippen molar-refractivity contribution in [2.45, 2.75) is 25.8 Å². The maximum absolute atomic E-state index is 12.5. The minimum Gasteiger partial charge on any atom is -0.351 e. The lowest BCUT2D eigenvalue weighted by Gasteiger charge is -2.33. The van der Waals surface area contributed by atoms with Gasteiger partial charge < -0.3 is 21.7 Å². The first kappa shape index (κ1) is 15.3. The zero-order valence-electron chi connectivity index (χ0n) is 12.2. The van der Waals surface area contributed by atoms with Crippen molar-refractivity contribution < 1.29 is 9.59 Å². The highest BCUT2D eigenvalue weighted by atomic mass is 16.2. The van der Waals surface area contributed by atoms with E-state index in [0.717, 1.165) is 25.9 Å². The van der Waals surface area contributed by atoms with Crippen LogP contribution in [0.5, 0.6) is 0 Å². The number of likely N-dealkylation sites (tertiary alicyclic amines) is 1. The van der Waals surface area contributed by atoms with Crippen molar-refractivity contribution >= 4 is 17.6 Å². The molecule has 0 aromatic heterocycles. The van der Waals surface area contributed by atoms with Crippen LogP contribution in [-0.2, 0) is 0 Å². The first-order valence-corrected chi connectivity index (χ1v) is 7.18. The Morgan fingerprint density at radius 3 is 2.57 bits per heavy atom. The summed E-state index contributed by atoms with van der Waals surface area (Å²) in [7, 11) is 0. The Balaban J connectivity index is 2.02. The summed E-state index contributed by atoms with van der Waals surface area (Å²) in [4.78, 5) is 25.2. The summed E-state index contributed by atoms with van der Waals surface area (Å²) in [5.41, 5.74) is 12.1. The topological polar surface area (TPSA) is 101 Å². The molecule has 1 atom stereocenters. The molecule has 1 fully saturated rings. The van der Waals surface area contributed by atoms with Gasteiger partial charge in [-0.3, -0.25) is 4.79 Å². The predicted molar refractivity (Wildman–Crippen MR) is 81.9 cm³/mol. The van der Waals surface area contributed by atoms with E-state index in [1.165, 1.54) is 0 Å². The fourth-order valence-corrected chi connectivity index (χ4v) is 2.68. The maximum Gasteiger partial charge on any atom is 0.316 e. The van der Waals surface area contributed by atoms with Gasteiger partial charge in [-0.2, -0.15) is 0 Å². The lowest BCUT2D eigenvalue weighted by Crippen LogP contribution is -2.42. The number of carbonyl (C=O) groups is 2. The molecule has 6 heteroatoms. The molecule has 21 heavy (non-hydrogen) atoms. The van der Waals surface area contributed by atoms with Crippen molar-refractivity contribution in [1.29, 1.82) is 0 Å². The van der Waals surface area contributed by atoms with Gasteiger partial charge in [-0.05, 0) is 43.9 Å². The monoisotopic (exact) mass is 290 g/mol. The van der Waals surface area contributed by atoms with Gasteiger partial charge in [-0.15, -0.1) is 0 Å². The van der Waals surface area contributed by atoms with Gasteiger partial charge in [0.15, 0.2) is 0 Å². The van der Waals surface area contributed by atoms with Crippen LogP contribution >= 0.6 is 0 Å². The van der Waals surface area contributed by atoms with Gasteiger partial charge in [-0.25, -0.2) is 4.79 Å². The number of anilines is 1. The molecule has 2 rings (SSSR count). The number of hydrogen-bond acceptors (Lipinski definition) is 3. The van der Waals surface area contributed by atoms with Crippen LogP contribution in [0.1, 0.15) is 30.1 Å². The van der Waals surface area contributed by atoms with E-state index in [0.29, 0.717) is 17.2 Å². The van der Waals surface area contributed by atoms with Gasteiger partial charge >= 0.3 is 6.03 Å². The number of primary amides is 1. The van der Waals surface area contributed by atoms with E-state index in [1.54, 1.807) is 24.3 Å². The van der Waals surface area contributed by atoms with Gasteiger partial charge in [0.2, 0.25) is 0 Å². The molecule has 3 amide bonds. The Morgan fingerprint density at radius 2 is 2.00 bits per heavy atom. The van der Waals surface area contributed by atoms with Gasteiger partial charge in [0, 0.05) is 30.4 Å². The molecule has 1 aromatic carbocycles. The molecule has 1 heterocycles. The van der Waals surface area contributed by atoms with Crippen LogP contribution in [0.25, 0.3) is 0 Å². The van der Waals surface area contributed by atoms with Crippen molar-refractivity contribution in [1.82, 2.24) is 4.90 Å². The molecule has 0 spiro atoms. The standard InChI is InChI=1S/C15H22N4O2/c1-10(16)11-5-7-19(8-6-11)14(20)12-3-2-4-13(9-12)18-15(17)21/h2-4,9-11H,5-8,16H2,1H3,(H3,17,18,21). The van der Waals surface area contributed by atoms with Crippen LogP contribution in [0, 0.1) is 5.92 Å². The average Bonchev–Trinajstić information content (AvgIpc) is 2.46. The largest absolute Gasteiger partial charge is 0.351 e. The van der Waals surface area contributed by atoms with Crippen LogP contribution in [-0.4, -0.2) is 36.0 Å². The van der Waals surface area contributed by atoms with E-state index in [1.807, 2.05) is 11.8 Å². The highest BCUT2D eigenvalue weighted by Gasteiger charge is 2.25. The zero-order valence-corrected chi connectivity index (χ0v) is 12.2. The molecule has 114 valence electrons. The molecule has 1 saturated heterocycles. The Bertz CT molecular complexity index is 522. The lowest BCUT2D eigenvalue weighted by atomic mass is 9.90. The molecule has 0 saturated carbocycles. The number of hydrogen-bond donors (Lipinski definition) is 3. The molecule has 1 unspecified atom stereocenters. The van der Waals surface area contributed by atoms with Gasteiger partial charge in [-0.1, -0.05) is 6.07 Å². The molecular weight excluding hydrogens is 268 g/mol. The number of piperidine rings is 1. The van der Waals surface area contributed by atoms with E-state index in [4.69, 9.17) is 11.5 Å². The summed E-state index contributed by atoms with van der Waals surface area (Å²) in [6.45, 7) is 3.46. The minimum atomic E-state index is -0.641. The van der Waals surface area contributed by atoms with Crippen LogP contribution in [0.3, 0.4) is 0 Å². The van der Waals surface area contributed by atoms with E-state index in [-0.39, 0.29) is 11.9 Å². The molecule has 1 aliphatic heterocycles. The van der Waals surface area contributed by atoms with Crippen molar-refractivity contribution in [3.05, 3.63) is 29.8 Å². The van der Waals surface area contributed by atoms with Crippen LogP contribution in [0.15, 0.2) is 24.3 Å². The van der Waals surface area contributed by atoms with Crippen LogP contribution in [0.4, 0.5) is 10.5 Å². The fraction of sp³-hybridized carbons (Fsp3) is 0.467. The first-order chi connectivity index (χ1) is 9.97. The smallest absolute Gasteiger partial charge is 0.316 e. The second-order valence-corrected chi connectivity index (χ2v) is 5.56. The van der Waals surface area contributed by atoms with E-state index in [2.05, 4.69) is 5.32 Å². The van der Waals surface area contributed by atoms with Crippen LogP contribution < -0.4 is 16.8 Å². The Hall–Kier alpha value is -2.08. The van der Waals surface area contributed by atoms with Crippen molar-refractivity contribution in [3.8, 4) is 0 Å². The number of nitrogens with two attached hydrogens (primary N) is 2. The van der Waals surface area contributed by atoms with Gasteiger partial charge in [0.25, 0.3) is 5.91 Å². The maximum atomic E-state index is 12.5. The number of rotatable bonds is 3. The van der Waals surface area contributed by atoms with Crippen LogP contribution in [0.2, 0.25) is 0 Å². The molecule has 5 N–H and O–H groups in total. The first-order valence-electron chi connectivity index (χ1n) is 7.18. The second kappa shape index (κ2) is 6.58. The second-order valence-electron chi connectivity index (χ2n) is 5.56. The normalized spacial score (nSPS) is 17.3. The minimum absolute atomic E-state index is 0.0220. The number of nitrogens with zero attached hydrogens (tertiary/aromatic N) is 1. The SMILES string of the molecule is CC(N)C1CCN(C(=O)c2cccc(NC(N)=O)c2)CC1. The molecule has 1 aliphatic rings. The fourth-order valence-electron chi connectivity index (χ4n) is 2.68. The Morgan fingerprint density at radius 1 is 1.33 bits per heavy atom. The summed E-state index contributed by atoms with van der Waals surface area (Å²) in [5, 5.41) is 2.48. The molecule has 0 aliphatic carbocycles. The van der Waals surface area contributed by atoms with Crippen molar-refractivity contribution in [3.63, 3.8) is 0 Å². The Labute approximate surface area is 124 Å². The van der Waals surface area contributed by atoms with E-state index in [9.17, 15) is 9.59 Å². The third kappa shape index (κ3) is 3.95.